The topological polar surface area (TPSA) is 63.0 Å². The Labute approximate surface area is 201 Å². The van der Waals surface area contributed by atoms with Crippen molar-refractivity contribution >= 4 is 17.5 Å². The van der Waals surface area contributed by atoms with Gasteiger partial charge in [0.25, 0.3) is 0 Å². The van der Waals surface area contributed by atoms with Crippen molar-refractivity contribution in [2.75, 3.05) is 6.54 Å². The van der Waals surface area contributed by atoms with Gasteiger partial charge in [0.15, 0.2) is 0 Å². The molecule has 1 aliphatic rings. The van der Waals surface area contributed by atoms with Crippen molar-refractivity contribution in [3.05, 3.63) is 102 Å². The predicted molar refractivity (Wildman–Crippen MR) is 138 cm³/mol. The van der Waals surface area contributed by atoms with Crippen LogP contribution in [0.3, 0.4) is 0 Å². The molecule has 0 fully saturated rings. The number of para-hydroxylation sites is 1. The highest BCUT2D eigenvalue weighted by molar-refractivity contribution is 6.54. The molecule has 0 saturated carbocycles. The zero-order valence-electron chi connectivity index (χ0n) is 19.8. The first-order valence-electron chi connectivity index (χ1n) is 11.9. The van der Waals surface area contributed by atoms with Crippen molar-refractivity contribution in [1.29, 1.82) is 0 Å². The summed E-state index contributed by atoms with van der Waals surface area (Å²) in [5.74, 6) is 0.591. The number of ether oxygens (including phenoxy) is 1. The van der Waals surface area contributed by atoms with Crippen LogP contribution in [0.15, 0.2) is 94.9 Å². The number of aryl methyl sites for hydroxylation is 1. The minimum atomic E-state index is -0.479. The lowest BCUT2D eigenvalue weighted by Crippen LogP contribution is -2.28. The van der Waals surface area contributed by atoms with Crippen LogP contribution in [-0.4, -0.2) is 29.7 Å². The first-order valence-corrected chi connectivity index (χ1v) is 11.9. The molecule has 34 heavy (non-hydrogen) atoms. The van der Waals surface area contributed by atoms with E-state index in [2.05, 4.69) is 36.5 Å². The van der Waals surface area contributed by atoms with Gasteiger partial charge in [-0.3, -0.25) is 9.98 Å². The van der Waals surface area contributed by atoms with Crippen LogP contribution in [0.1, 0.15) is 49.3 Å². The number of hydrogen-bond donors (Lipinski definition) is 1. The molecule has 5 nitrogen and oxygen atoms in total. The molecule has 0 aromatic heterocycles. The maximum absolute atomic E-state index is 12.0. The van der Waals surface area contributed by atoms with E-state index in [1.165, 1.54) is 0 Å². The third-order valence-corrected chi connectivity index (χ3v) is 5.92. The lowest BCUT2D eigenvalue weighted by atomic mass is 10.0. The van der Waals surface area contributed by atoms with E-state index in [-0.39, 0.29) is 0 Å². The molecule has 0 aliphatic carbocycles. The molecule has 0 spiro atoms. The Morgan fingerprint density at radius 1 is 0.794 bits per heavy atom. The average molecular weight is 454 g/mol. The number of carbonyl (C=O) groups excluding carboxylic acids is 1. The van der Waals surface area contributed by atoms with Crippen LogP contribution in [0.2, 0.25) is 0 Å². The molecular weight excluding hydrogens is 422 g/mol. The zero-order valence-corrected chi connectivity index (χ0v) is 19.8. The molecule has 0 radical (unpaired) electrons. The molecule has 1 amide bonds. The van der Waals surface area contributed by atoms with Crippen LogP contribution in [0.5, 0.6) is 5.75 Å². The fourth-order valence-electron chi connectivity index (χ4n) is 4.08. The van der Waals surface area contributed by atoms with Crippen LogP contribution in [0, 0.1) is 6.92 Å². The normalized spacial score (nSPS) is 14.3. The number of aliphatic imine (C=N–C) groups is 2. The van der Waals surface area contributed by atoms with Gasteiger partial charge in [-0.05, 0) is 44.7 Å². The van der Waals surface area contributed by atoms with Crippen molar-refractivity contribution in [2.45, 2.75) is 45.2 Å². The molecule has 0 bridgehead atoms. The summed E-state index contributed by atoms with van der Waals surface area (Å²) >= 11 is 0. The van der Waals surface area contributed by atoms with E-state index in [1.807, 2.05) is 61.5 Å². The monoisotopic (exact) mass is 453 g/mol. The molecule has 3 aromatic carbocycles. The number of unbranched alkanes of at least 4 members (excludes halogenated alkanes) is 2. The molecule has 0 unspecified atom stereocenters. The van der Waals surface area contributed by atoms with Gasteiger partial charge in [0.05, 0.1) is 11.4 Å². The summed E-state index contributed by atoms with van der Waals surface area (Å²) < 4.78 is 5.37. The van der Waals surface area contributed by atoms with E-state index >= 15 is 0 Å². The Morgan fingerprint density at radius 3 is 1.94 bits per heavy atom. The summed E-state index contributed by atoms with van der Waals surface area (Å²) in [7, 11) is 0. The van der Waals surface area contributed by atoms with Gasteiger partial charge in [0.2, 0.25) is 0 Å². The summed E-state index contributed by atoms with van der Waals surface area (Å²) in [5, 5.41) is 2.84. The summed E-state index contributed by atoms with van der Waals surface area (Å²) in [6.45, 7) is 4.60. The van der Waals surface area contributed by atoms with Crippen LogP contribution in [0.25, 0.3) is 0 Å². The van der Waals surface area contributed by atoms with E-state index in [9.17, 15) is 4.79 Å². The molecule has 0 atom stereocenters. The second-order valence-electron chi connectivity index (χ2n) is 8.76. The highest BCUT2D eigenvalue weighted by Crippen LogP contribution is 2.30. The van der Waals surface area contributed by atoms with E-state index in [4.69, 9.17) is 14.7 Å². The van der Waals surface area contributed by atoms with Crippen molar-refractivity contribution in [3.63, 3.8) is 0 Å². The molecule has 5 heteroatoms. The Hall–Kier alpha value is -3.73. The van der Waals surface area contributed by atoms with Gasteiger partial charge >= 0.3 is 6.09 Å². The molecule has 1 N–H and O–H groups in total. The minimum absolute atomic E-state index is 0.411. The van der Waals surface area contributed by atoms with E-state index in [0.29, 0.717) is 12.3 Å². The third-order valence-electron chi connectivity index (χ3n) is 5.92. The maximum atomic E-state index is 12.0. The van der Waals surface area contributed by atoms with Crippen molar-refractivity contribution in [3.8, 4) is 5.75 Å². The molecular formula is C29H31N3O2. The number of carbonyl (C=O) groups is 1. The van der Waals surface area contributed by atoms with Gasteiger partial charge in [-0.25, -0.2) is 4.79 Å². The van der Waals surface area contributed by atoms with E-state index in [1.54, 1.807) is 6.07 Å². The predicted octanol–water partition coefficient (Wildman–Crippen LogP) is 6.35. The second-order valence-corrected chi connectivity index (χ2v) is 8.76. The van der Waals surface area contributed by atoms with Crippen LogP contribution in [0.4, 0.5) is 4.79 Å². The first kappa shape index (κ1) is 23.4. The van der Waals surface area contributed by atoms with Gasteiger partial charge < -0.3 is 10.1 Å². The highest BCUT2D eigenvalue weighted by Gasteiger charge is 2.32. The van der Waals surface area contributed by atoms with E-state index in [0.717, 1.165) is 53.8 Å². The second kappa shape index (κ2) is 10.9. The van der Waals surface area contributed by atoms with Gasteiger partial charge in [0, 0.05) is 17.7 Å². The molecule has 174 valence electrons. The lowest BCUT2D eigenvalue weighted by molar-refractivity contribution is 0.200. The molecule has 1 heterocycles. The summed E-state index contributed by atoms with van der Waals surface area (Å²) in [6, 6.07) is 28.0. The lowest BCUT2D eigenvalue weighted by Gasteiger charge is -2.17. The van der Waals surface area contributed by atoms with Crippen molar-refractivity contribution in [2.24, 2.45) is 9.98 Å². The number of rotatable bonds is 9. The van der Waals surface area contributed by atoms with Gasteiger partial charge in [-0.2, -0.15) is 0 Å². The van der Waals surface area contributed by atoms with Gasteiger partial charge in [-0.15, -0.1) is 0 Å². The average Bonchev–Trinajstić information content (AvgIpc) is 3.22. The van der Waals surface area contributed by atoms with Crippen LogP contribution in [-0.2, 0) is 0 Å². The standard InChI is InChI=1S/C29H31N3O2/c1-22-14-10-11-19-25(22)34-28(33)30-21-13-5-12-20-29(2)31-26(23-15-6-3-7-16-23)27(32-29)24-17-8-4-9-18-24/h3-4,6-11,14-19H,5,12-13,20-21H2,1-2H3,(H,30,33). The van der Waals surface area contributed by atoms with Gasteiger partial charge in [0.1, 0.15) is 11.4 Å². The Balaban J connectivity index is 1.30. The van der Waals surface area contributed by atoms with Crippen molar-refractivity contribution < 1.29 is 9.53 Å². The smallest absolute Gasteiger partial charge is 0.410 e. The van der Waals surface area contributed by atoms with Gasteiger partial charge in [-0.1, -0.05) is 85.3 Å². The Kier molecular flexibility index (Phi) is 7.53. The largest absolute Gasteiger partial charge is 0.412 e. The van der Waals surface area contributed by atoms with Crippen LogP contribution < -0.4 is 10.1 Å². The Morgan fingerprint density at radius 2 is 1.35 bits per heavy atom. The molecule has 3 aromatic rings. The first-order chi connectivity index (χ1) is 16.5. The quantitative estimate of drug-likeness (QED) is 0.384. The maximum Gasteiger partial charge on any atom is 0.412 e. The SMILES string of the molecule is Cc1ccccc1OC(=O)NCCCCCC1(C)N=C(c2ccccc2)C(c2ccccc2)=N1. The number of hydrogen-bond acceptors (Lipinski definition) is 4. The summed E-state index contributed by atoms with van der Waals surface area (Å²) in [4.78, 5) is 22.2. The molecule has 0 saturated heterocycles. The summed E-state index contributed by atoms with van der Waals surface area (Å²) in [6.07, 6.45) is 3.28. The van der Waals surface area contributed by atoms with Crippen LogP contribution >= 0.6 is 0 Å². The fraction of sp³-hybridized carbons (Fsp3) is 0.276. The Bertz CT molecular complexity index is 1110. The highest BCUT2D eigenvalue weighted by atomic mass is 16.6. The van der Waals surface area contributed by atoms with Crippen molar-refractivity contribution in [1.82, 2.24) is 5.32 Å². The summed E-state index contributed by atoms with van der Waals surface area (Å²) in [5.41, 5.74) is 4.54. The third kappa shape index (κ3) is 5.98. The fourth-order valence-corrected chi connectivity index (χ4v) is 4.08. The molecule has 4 rings (SSSR count). The van der Waals surface area contributed by atoms with E-state index < -0.39 is 11.8 Å². The molecule has 1 aliphatic heterocycles. The number of amides is 1. The number of nitrogens with one attached hydrogen (secondary N) is 1. The zero-order chi connectivity index (χ0) is 23.8. The number of nitrogens with zero attached hydrogens (tertiary/aromatic N) is 2. The number of benzene rings is 3. The minimum Gasteiger partial charge on any atom is -0.410 e.